The van der Waals surface area contributed by atoms with E-state index in [1.807, 2.05) is 0 Å². The molecular formula is C46H76NO9P. The average Bonchev–Trinajstić information content (AvgIpc) is 3.19. The van der Waals surface area contributed by atoms with Crippen molar-refractivity contribution in [3.05, 3.63) is 97.2 Å². The second-order valence-electron chi connectivity index (χ2n) is 13.7. The van der Waals surface area contributed by atoms with E-state index in [0.29, 0.717) is 13.0 Å². The Hall–Kier alpha value is -3.11. The van der Waals surface area contributed by atoms with Crippen molar-refractivity contribution in [1.29, 1.82) is 0 Å². The number of rotatable bonds is 39. The molecule has 0 heterocycles. The van der Waals surface area contributed by atoms with Crippen molar-refractivity contribution >= 4 is 19.8 Å². The number of carbonyl (C=O) groups excluding carboxylic acids is 1. The van der Waals surface area contributed by atoms with Gasteiger partial charge in [-0.1, -0.05) is 143 Å². The summed E-state index contributed by atoms with van der Waals surface area (Å²) in [5.74, 6) is -1.82. The first-order valence-corrected chi connectivity index (χ1v) is 22.8. The second kappa shape index (κ2) is 41.1. The highest BCUT2D eigenvalue weighted by Gasteiger charge is 2.27. The highest BCUT2D eigenvalue weighted by Crippen LogP contribution is 2.43. The van der Waals surface area contributed by atoms with Crippen LogP contribution in [0.15, 0.2) is 97.2 Å². The van der Waals surface area contributed by atoms with Crippen LogP contribution >= 0.6 is 7.82 Å². The maximum absolute atomic E-state index is 12.6. The van der Waals surface area contributed by atoms with E-state index < -0.39 is 45.1 Å². The van der Waals surface area contributed by atoms with Crippen LogP contribution in [-0.2, 0) is 32.7 Å². The largest absolute Gasteiger partial charge is 0.480 e. The van der Waals surface area contributed by atoms with Gasteiger partial charge in [-0.3, -0.25) is 18.6 Å². The Bertz CT molecular complexity index is 1270. The minimum Gasteiger partial charge on any atom is -0.480 e. The quantitative estimate of drug-likeness (QED) is 0.0236. The lowest BCUT2D eigenvalue weighted by molar-refractivity contribution is -0.154. The van der Waals surface area contributed by atoms with Crippen molar-refractivity contribution in [2.24, 2.45) is 5.73 Å². The van der Waals surface area contributed by atoms with Crippen molar-refractivity contribution in [2.75, 3.05) is 26.4 Å². The van der Waals surface area contributed by atoms with Gasteiger partial charge in [0.2, 0.25) is 0 Å². The number of phosphoric ester groups is 1. The molecule has 0 saturated carbocycles. The van der Waals surface area contributed by atoms with E-state index >= 15 is 0 Å². The minimum absolute atomic E-state index is 0.0128. The van der Waals surface area contributed by atoms with Gasteiger partial charge in [0.25, 0.3) is 0 Å². The van der Waals surface area contributed by atoms with Gasteiger partial charge in [-0.25, -0.2) is 4.57 Å². The van der Waals surface area contributed by atoms with Crippen LogP contribution in [0, 0.1) is 0 Å². The predicted octanol–water partition coefficient (Wildman–Crippen LogP) is 11.8. The van der Waals surface area contributed by atoms with Crippen LogP contribution < -0.4 is 5.73 Å². The van der Waals surface area contributed by atoms with Gasteiger partial charge in [-0.05, 0) is 89.9 Å². The van der Waals surface area contributed by atoms with E-state index in [0.717, 1.165) is 116 Å². The van der Waals surface area contributed by atoms with Crippen LogP contribution in [-0.4, -0.2) is 60.5 Å². The van der Waals surface area contributed by atoms with Gasteiger partial charge in [-0.2, -0.15) is 0 Å². The molecule has 0 amide bonds. The number of phosphoric acid groups is 1. The maximum Gasteiger partial charge on any atom is 0.472 e. The monoisotopic (exact) mass is 818 g/mol. The number of allylic oxidation sites excluding steroid dienone is 16. The number of carboxylic acids is 1. The minimum atomic E-state index is -4.64. The van der Waals surface area contributed by atoms with Crippen molar-refractivity contribution in [2.45, 2.75) is 154 Å². The molecule has 0 saturated heterocycles. The molecule has 57 heavy (non-hydrogen) atoms. The first-order chi connectivity index (χ1) is 27.7. The van der Waals surface area contributed by atoms with Gasteiger partial charge < -0.3 is 25.2 Å². The van der Waals surface area contributed by atoms with Crippen LogP contribution in [0.25, 0.3) is 0 Å². The predicted molar refractivity (Wildman–Crippen MR) is 235 cm³/mol. The molecule has 10 nitrogen and oxygen atoms in total. The van der Waals surface area contributed by atoms with Crippen molar-refractivity contribution in [1.82, 2.24) is 0 Å². The molecule has 0 aliphatic carbocycles. The molecule has 0 aromatic heterocycles. The highest BCUT2D eigenvalue weighted by atomic mass is 31.2. The van der Waals surface area contributed by atoms with Crippen LogP contribution in [0.5, 0.6) is 0 Å². The molecular weight excluding hydrogens is 741 g/mol. The van der Waals surface area contributed by atoms with Gasteiger partial charge in [0.05, 0.1) is 19.8 Å². The third-order valence-corrected chi connectivity index (χ3v) is 9.31. The third kappa shape index (κ3) is 40.9. The number of carboxylic acid groups (broad SMARTS) is 1. The Morgan fingerprint density at radius 2 is 0.965 bits per heavy atom. The van der Waals surface area contributed by atoms with E-state index in [1.54, 1.807) is 0 Å². The molecule has 0 bridgehead atoms. The highest BCUT2D eigenvalue weighted by molar-refractivity contribution is 7.47. The number of esters is 1. The van der Waals surface area contributed by atoms with E-state index in [1.165, 1.54) is 0 Å². The number of ether oxygens (including phenoxy) is 2. The summed E-state index contributed by atoms with van der Waals surface area (Å²) in [5, 5.41) is 8.89. The molecule has 11 heteroatoms. The molecule has 3 atom stereocenters. The zero-order valence-corrected chi connectivity index (χ0v) is 36.0. The smallest absolute Gasteiger partial charge is 0.472 e. The number of carbonyl (C=O) groups is 2. The van der Waals surface area contributed by atoms with Gasteiger partial charge in [0.1, 0.15) is 12.1 Å². The fourth-order valence-electron chi connectivity index (χ4n) is 5.11. The molecule has 324 valence electrons. The number of aliphatic carboxylic acids is 1. The summed E-state index contributed by atoms with van der Waals surface area (Å²) in [5.41, 5.74) is 5.35. The van der Waals surface area contributed by atoms with Gasteiger partial charge >= 0.3 is 19.8 Å². The maximum atomic E-state index is 12.6. The fourth-order valence-corrected chi connectivity index (χ4v) is 5.89. The summed E-state index contributed by atoms with van der Waals surface area (Å²) in [6.45, 7) is 3.55. The summed E-state index contributed by atoms with van der Waals surface area (Å²) in [4.78, 5) is 33.5. The SMILES string of the molecule is CC/C=C\C/C=C\C/C=C\C/C=C\CCCCCCCOCC(COP(=O)(O)OCC(N)C(=O)O)OC(=O)CCCCCC/C=C\C/C=C\C/C=C\C/C=C\CC. The summed E-state index contributed by atoms with van der Waals surface area (Å²) in [7, 11) is -4.64. The van der Waals surface area contributed by atoms with Crippen LogP contribution in [0.1, 0.15) is 142 Å². The van der Waals surface area contributed by atoms with E-state index in [-0.39, 0.29) is 13.0 Å². The summed E-state index contributed by atoms with van der Waals surface area (Å²) in [6, 6.07) is -1.49. The number of nitrogens with two attached hydrogens (primary N) is 1. The average molecular weight is 818 g/mol. The normalized spacial score (nSPS) is 14.9. The topological polar surface area (TPSA) is 155 Å². The molecule has 0 aliphatic heterocycles. The summed E-state index contributed by atoms with van der Waals surface area (Å²) >= 11 is 0. The Balaban J connectivity index is 4.36. The lowest BCUT2D eigenvalue weighted by Gasteiger charge is -2.20. The zero-order chi connectivity index (χ0) is 41.9. The third-order valence-electron chi connectivity index (χ3n) is 8.36. The lowest BCUT2D eigenvalue weighted by Crippen LogP contribution is -2.34. The molecule has 0 aromatic rings. The summed E-state index contributed by atoms with van der Waals surface area (Å²) in [6.07, 6.45) is 53.1. The van der Waals surface area contributed by atoms with Crippen molar-refractivity contribution in [3.63, 3.8) is 0 Å². The van der Waals surface area contributed by atoms with Gasteiger partial charge in [-0.15, -0.1) is 0 Å². The zero-order valence-electron chi connectivity index (χ0n) is 35.1. The Morgan fingerprint density at radius 1 is 0.561 bits per heavy atom. The lowest BCUT2D eigenvalue weighted by atomic mass is 10.1. The molecule has 0 aliphatic rings. The van der Waals surface area contributed by atoms with Gasteiger partial charge in [0.15, 0.2) is 0 Å². The Labute approximate surface area is 345 Å². The van der Waals surface area contributed by atoms with Crippen LogP contribution in [0.3, 0.4) is 0 Å². The van der Waals surface area contributed by atoms with Crippen LogP contribution in [0.4, 0.5) is 0 Å². The molecule has 0 radical (unpaired) electrons. The number of hydrogen-bond donors (Lipinski definition) is 3. The number of unbranched alkanes of at least 4 members (excludes halogenated alkanes) is 9. The van der Waals surface area contributed by atoms with Crippen LogP contribution in [0.2, 0.25) is 0 Å². The van der Waals surface area contributed by atoms with E-state index in [9.17, 15) is 19.0 Å². The molecule has 0 spiro atoms. The number of hydrogen-bond acceptors (Lipinski definition) is 8. The Kier molecular flexibility index (Phi) is 38.8. The fraction of sp³-hybridized carbons (Fsp3) is 0.609. The first kappa shape index (κ1) is 53.9. The second-order valence-corrected chi connectivity index (χ2v) is 15.2. The molecule has 3 unspecified atom stereocenters. The summed E-state index contributed by atoms with van der Waals surface area (Å²) < 4.78 is 33.3. The van der Waals surface area contributed by atoms with Crippen molar-refractivity contribution < 1.29 is 42.7 Å². The Morgan fingerprint density at radius 3 is 1.44 bits per heavy atom. The first-order valence-electron chi connectivity index (χ1n) is 21.3. The van der Waals surface area contributed by atoms with Gasteiger partial charge in [0, 0.05) is 13.0 Å². The molecule has 0 fully saturated rings. The molecule has 0 rings (SSSR count). The standard InChI is InChI=1S/C46H76NO9P/c1-3-5-7-9-11-13-15-17-19-21-23-25-27-29-31-33-35-37-39-53-40-43(41-54-57(51,52)55-42-44(47)46(49)50)56-45(48)38-36-34-32-30-28-26-24-22-20-18-16-14-12-10-8-6-4-2/h5-8,11-14,17-20,23-26,43-44H,3-4,9-10,15-16,21-22,27-42,47H2,1-2H3,(H,49,50)(H,51,52)/b7-5-,8-6-,13-11-,14-12-,19-17-,20-18-,25-23-,26-24-. The van der Waals surface area contributed by atoms with E-state index in [4.69, 9.17) is 29.4 Å². The molecule has 0 aromatic carbocycles. The molecule has 4 N–H and O–H groups in total. The van der Waals surface area contributed by atoms with Crippen molar-refractivity contribution in [3.8, 4) is 0 Å². The van der Waals surface area contributed by atoms with E-state index in [2.05, 4.69) is 111 Å².